The predicted molar refractivity (Wildman–Crippen MR) is 120 cm³/mol. The number of nitrogens with one attached hydrogen (secondary N) is 2. The number of amides is 1. The quantitative estimate of drug-likeness (QED) is 0.478. The van der Waals surface area contributed by atoms with Crippen molar-refractivity contribution >= 4 is 55.6 Å². The van der Waals surface area contributed by atoms with Gasteiger partial charge in [0.15, 0.2) is 5.11 Å². The molecule has 5 heteroatoms. The van der Waals surface area contributed by atoms with E-state index >= 15 is 0 Å². The number of anilines is 1. The molecule has 0 spiro atoms. The Balaban J connectivity index is 1.74. The van der Waals surface area contributed by atoms with Gasteiger partial charge in [-0.3, -0.25) is 10.1 Å². The summed E-state index contributed by atoms with van der Waals surface area (Å²) in [5, 5.41) is 8.31. The molecule has 0 aromatic heterocycles. The van der Waals surface area contributed by atoms with Crippen LogP contribution in [-0.2, 0) is 5.41 Å². The molecule has 2 N–H and O–H groups in total. The molecule has 0 bridgehead atoms. The third-order valence-electron chi connectivity index (χ3n) is 4.30. The lowest BCUT2D eigenvalue weighted by atomic mass is 9.86. The van der Waals surface area contributed by atoms with Crippen molar-refractivity contribution in [1.82, 2.24) is 5.32 Å². The molecule has 0 saturated heterocycles. The van der Waals surface area contributed by atoms with Crippen LogP contribution in [0.15, 0.2) is 65.1 Å². The minimum atomic E-state index is -0.242. The van der Waals surface area contributed by atoms with Crippen LogP contribution in [0.2, 0.25) is 0 Å². The summed E-state index contributed by atoms with van der Waals surface area (Å²) < 4.78 is 0.913. The molecule has 3 nitrogen and oxygen atoms in total. The van der Waals surface area contributed by atoms with E-state index in [-0.39, 0.29) is 16.4 Å². The molecule has 0 radical (unpaired) electrons. The Labute approximate surface area is 173 Å². The summed E-state index contributed by atoms with van der Waals surface area (Å²) in [4.78, 5) is 12.6. The summed E-state index contributed by atoms with van der Waals surface area (Å²) in [5.74, 6) is -0.242. The molecule has 0 aliphatic rings. The third kappa shape index (κ3) is 4.54. The molecule has 0 heterocycles. The van der Waals surface area contributed by atoms with Crippen LogP contribution in [0.5, 0.6) is 0 Å². The van der Waals surface area contributed by atoms with Gasteiger partial charge >= 0.3 is 0 Å². The van der Waals surface area contributed by atoms with Crippen molar-refractivity contribution in [3.8, 4) is 0 Å². The molecular formula is C22H21BrN2OS. The maximum absolute atomic E-state index is 12.6. The van der Waals surface area contributed by atoms with E-state index in [0.717, 1.165) is 26.5 Å². The van der Waals surface area contributed by atoms with Gasteiger partial charge in [0.05, 0.1) is 0 Å². The lowest BCUT2D eigenvalue weighted by Gasteiger charge is -2.21. The van der Waals surface area contributed by atoms with E-state index in [1.165, 1.54) is 0 Å². The smallest absolute Gasteiger partial charge is 0.257 e. The Morgan fingerprint density at radius 3 is 2.41 bits per heavy atom. The fraction of sp³-hybridized carbons (Fsp3) is 0.182. The van der Waals surface area contributed by atoms with E-state index in [0.29, 0.717) is 5.56 Å². The van der Waals surface area contributed by atoms with Crippen molar-refractivity contribution in [3.63, 3.8) is 0 Å². The molecule has 3 aromatic rings. The van der Waals surface area contributed by atoms with Gasteiger partial charge < -0.3 is 5.32 Å². The Morgan fingerprint density at radius 2 is 1.70 bits per heavy atom. The van der Waals surface area contributed by atoms with Crippen molar-refractivity contribution in [2.45, 2.75) is 26.2 Å². The maximum atomic E-state index is 12.6. The molecular weight excluding hydrogens is 420 g/mol. The van der Waals surface area contributed by atoms with Crippen LogP contribution in [0.25, 0.3) is 10.8 Å². The van der Waals surface area contributed by atoms with E-state index in [9.17, 15) is 4.79 Å². The standard InChI is InChI=1S/C22H21BrN2OS/c1-22(2,3)17-12-11-15(13-18(17)23)20(26)25-21(27)24-19-10-6-8-14-7-4-5-9-16(14)19/h4-13H,1-3H3,(H2,24,25,26,27). The molecule has 0 unspecified atom stereocenters. The van der Waals surface area contributed by atoms with Crippen LogP contribution in [0.3, 0.4) is 0 Å². The topological polar surface area (TPSA) is 41.1 Å². The molecule has 138 valence electrons. The summed E-state index contributed by atoms with van der Waals surface area (Å²) in [6.07, 6.45) is 0. The van der Waals surface area contributed by atoms with Crippen LogP contribution >= 0.6 is 28.1 Å². The highest BCUT2D eigenvalue weighted by molar-refractivity contribution is 9.10. The zero-order valence-electron chi connectivity index (χ0n) is 15.5. The van der Waals surface area contributed by atoms with E-state index in [2.05, 4.69) is 47.3 Å². The Hall–Kier alpha value is -2.24. The average molecular weight is 441 g/mol. The number of benzene rings is 3. The van der Waals surface area contributed by atoms with Crippen molar-refractivity contribution in [2.24, 2.45) is 0 Å². The second-order valence-electron chi connectivity index (χ2n) is 7.38. The van der Waals surface area contributed by atoms with Gasteiger partial charge in [0.25, 0.3) is 5.91 Å². The molecule has 0 aliphatic carbocycles. The van der Waals surface area contributed by atoms with Gasteiger partial charge in [0, 0.05) is 21.1 Å². The molecule has 0 fully saturated rings. The molecule has 0 saturated carbocycles. The highest BCUT2D eigenvalue weighted by atomic mass is 79.9. The van der Waals surface area contributed by atoms with Crippen molar-refractivity contribution in [1.29, 1.82) is 0 Å². The summed E-state index contributed by atoms with van der Waals surface area (Å²) in [6, 6.07) is 19.6. The van der Waals surface area contributed by atoms with Crippen LogP contribution in [-0.4, -0.2) is 11.0 Å². The Kier molecular flexibility index (Phi) is 5.63. The largest absolute Gasteiger partial charge is 0.332 e. The van der Waals surface area contributed by atoms with Crippen molar-refractivity contribution in [2.75, 3.05) is 5.32 Å². The van der Waals surface area contributed by atoms with Crippen LogP contribution in [0.1, 0.15) is 36.7 Å². The Bertz CT molecular complexity index is 1020. The zero-order chi connectivity index (χ0) is 19.6. The number of halogens is 1. The van der Waals surface area contributed by atoms with Crippen LogP contribution in [0, 0.1) is 0 Å². The number of thiocarbonyl (C=S) groups is 1. The van der Waals surface area contributed by atoms with Crippen LogP contribution < -0.4 is 10.6 Å². The van der Waals surface area contributed by atoms with E-state index in [1.54, 1.807) is 0 Å². The third-order valence-corrected chi connectivity index (χ3v) is 5.16. The number of fused-ring (bicyclic) bond motifs is 1. The number of carbonyl (C=O) groups is 1. The highest BCUT2D eigenvalue weighted by Gasteiger charge is 2.18. The lowest BCUT2D eigenvalue weighted by Crippen LogP contribution is -2.34. The minimum Gasteiger partial charge on any atom is -0.332 e. The average Bonchev–Trinajstić information content (AvgIpc) is 2.60. The Morgan fingerprint density at radius 1 is 1.00 bits per heavy atom. The normalized spacial score (nSPS) is 11.3. The first-order chi connectivity index (χ1) is 12.8. The van der Waals surface area contributed by atoms with Gasteiger partial charge in [-0.25, -0.2) is 0 Å². The summed E-state index contributed by atoms with van der Waals surface area (Å²) in [5.41, 5.74) is 2.56. The molecule has 3 aromatic carbocycles. The van der Waals surface area contributed by atoms with Gasteiger partial charge in [-0.2, -0.15) is 0 Å². The first-order valence-corrected chi connectivity index (χ1v) is 9.86. The number of hydrogen-bond acceptors (Lipinski definition) is 2. The van der Waals surface area contributed by atoms with E-state index in [4.69, 9.17) is 12.2 Å². The van der Waals surface area contributed by atoms with Crippen molar-refractivity contribution in [3.05, 3.63) is 76.3 Å². The zero-order valence-corrected chi connectivity index (χ0v) is 17.9. The molecule has 3 rings (SSSR count). The maximum Gasteiger partial charge on any atom is 0.257 e. The van der Waals surface area contributed by atoms with Gasteiger partial charge in [0.1, 0.15) is 0 Å². The van der Waals surface area contributed by atoms with Gasteiger partial charge in [-0.15, -0.1) is 0 Å². The number of hydrogen-bond donors (Lipinski definition) is 2. The monoisotopic (exact) mass is 440 g/mol. The number of rotatable bonds is 2. The second kappa shape index (κ2) is 7.79. The first kappa shape index (κ1) is 19.5. The van der Waals surface area contributed by atoms with E-state index in [1.807, 2.05) is 60.7 Å². The first-order valence-electron chi connectivity index (χ1n) is 8.66. The number of carbonyl (C=O) groups excluding carboxylic acids is 1. The second-order valence-corrected chi connectivity index (χ2v) is 8.64. The van der Waals surface area contributed by atoms with Crippen molar-refractivity contribution < 1.29 is 4.79 Å². The fourth-order valence-electron chi connectivity index (χ4n) is 2.93. The van der Waals surface area contributed by atoms with Crippen LogP contribution in [0.4, 0.5) is 5.69 Å². The molecule has 27 heavy (non-hydrogen) atoms. The van der Waals surface area contributed by atoms with Gasteiger partial charge in [0.2, 0.25) is 0 Å². The molecule has 0 aliphatic heterocycles. The molecule has 1 amide bonds. The fourth-order valence-corrected chi connectivity index (χ4v) is 4.10. The van der Waals surface area contributed by atoms with Gasteiger partial charge in [-0.1, -0.05) is 79.2 Å². The highest BCUT2D eigenvalue weighted by Crippen LogP contribution is 2.30. The van der Waals surface area contributed by atoms with E-state index < -0.39 is 0 Å². The minimum absolute atomic E-state index is 0.000931. The van der Waals surface area contributed by atoms with Gasteiger partial charge in [-0.05, 0) is 46.8 Å². The summed E-state index contributed by atoms with van der Waals surface area (Å²) in [6.45, 7) is 6.40. The summed E-state index contributed by atoms with van der Waals surface area (Å²) in [7, 11) is 0. The lowest BCUT2D eigenvalue weighted by molar-refractivity contribution is 0.0977. The summed E-state index contributed by atoms with van der Waals surface area (Å²) >= 11 is 8.91. The molecule has 0 atom stereocenters. The SMILES string of the molecule is CC(C)(C)c1ccc(C(=O)NC(=S)Nc2cccc3ccccc23)cc1Br. The predicted octanol–water partition coefficient (Wildman–Crippen LogP) is 6.03.